The number of hydrogen-bond donors (Lipinski definition) is 3. The first-order valence-corrected chi connectivity index (χ1v) is 9.15. The van der Waals surface area contributed by atoms with Crippen molar-refractivity contribution in [2.24, 2.45) is 37.6 Å². The third kappa shape index (κ3) is 4.41. The topological polar surface area (TPSA) is 153 Å². The smallest absolute Gasteiger partial charge is 0.332 e. The van der Waals surface area contributed by atoms with Crippen LogP contribution in [0.25, 0.3) is 11.2 Å². The van der Waals surface area contributed by atoms with Gasteiger partial charge in [-0.3, -0.25) is 19.3 Å². The lowest BCUT2D eigenvalue weighted by Crippen LogP contribution is -2.37. The minimum absolute atomic E-state index is 0.0480. The van der Waals surface area contributed by atoms with E-state index in [1.807, 2.05) is 0 Å². The summed E-state index contributed by atoms with van der Waals surface area (Å²) < 4.78 is 4.28. The van der Waals surface area contributed by atoms with E-state index in [2.05, 4.69) is 9.98 Å². The number of fused-ring (bicyclic) bond motifs is 1. The Balaban J connectivity index is 1.91. The highest BCUT2D eigenvalue weighted by Crippen LogP contribution is 2.12. The molecule has 0 aromatic carbocycles. The van der Waals surface area contributed by atoms with Crippen molar-refractivity contribution in [3.63, 3.8) is 0 Å². The maximum Gasteiger partial charge on any atom is 0.332 e. The van der Waals surface area contributed by atoms with Crippen LogP contribution < -0.4 is 22.7 Å². The zero-order valence-electron chi connectivity index (χ0n) is 16.9. The van der Waals surface area contributed by atoms with Crippen LogP contribution in [0.3, 0.4) is 0 Å². The Labute approximate surface area is 162 Å². The number of imidazole rings is 1. The molecule has 0 unspecified atom stereocenters. The lowest BCUT2D eigenvalue weighted by atomic mass is 10.1. The number of nitrogens with one attached hydrogen (secondary N) is 1. The summed E-state index contributed by atoms with van der Waals surface area (Å²) >= 11 is 0. The van der Waals surface area contributed by atoms with E-state index < -0.39 is 0 Å². The molecule has 2 rings (SSSR count). The summed E-state index contributed by atoms with van der Waals surface area (Å²) in [7, 11) is 6.68. The van der Waals surface area contributed by atoms with Crippen LogP contribution >= 0.6 is 0 Å². The van der Waals surface area contributed by atoms with Crippen LogP contribution in [0.5, 0.6) is 0 Å². The first-order valence-electron chi connectivity index (χ1n) is 9.15. The van der Waals surface area contributed by atoms with E-state index in [0.29, 0.717) is 17.7 Å². The van der Waals surface area contributed by atoms with E-state index >= 15 is 0 Å². The SMILES string of the molecule is CN(CCCCCCc1nc2c(c(=O)n(C)c(=O)n2C)n1C)C(=N)N=C(N)N. The summed E-state index contributed by atoms with van der Waals surface area (Å²) in [5.74, 6) is 0.721. The molecule has 0 saturated heterocycles. The number of rotatable bonds is 7. The highest BCUT2D eigenvalue weighted by molar-refractivity contribution is 5.91. The molecule has 0 aliphatic heterocycles. The minimum atomic E-state index is -0.377. The maximum atomic E-state index is 12.4. The molecule has 154 valence electrons. The second kappa shape index (κ2) is 8.72. The number of nitrogens with zero attached hydrogens (tertiary/aromatic N) is 6. The number of nitrogens with two attached hydrogens (primary N) is 2. The van der Waals surface area contributed by atoms with Gasteiger partial charge in [-0.2, -0.15) is 4.99 Å². The summed E-state index contributed by atoms with van der Waals surface area (Å²) in [6.07, 6.45) is 4.53. The van der Waals surface area contributed by atoms with E-state index in [1.54, 1.807) is 30.6 Å². The van der Waals surface area contributed by atoms with Gasteiger partial charge in [-0.05, 0) is 12.8 Å². The molecule has 5 N–H and O–H groups in total. The molecule has 0 aliphatic rings. The number of aromatic nitrogens is 4. The van der Waals surface area contributed by atoms with Crippen LogP contribution in [0.1, 0.15) is 31.5 Å². The molecule has 0 saturated carbocycles. The number of hydrogen-bond acceptors (Lipinski definition) is 4. The van der Waals surface area contributed by atoms with Gasteiger partial charge in [0.15, 0.2) is 17.1 Å². The van der Waals surface area contributed by atoms with Crippen molar-refractivity contribution in [2.75, 3.05) is 13.6 Å². The average Bonchev–Trinajstić information content (AvgIpc) is 2.97. The van der Waals surface area contributed by atoms with Crippen LogP contribution in [0.15, 0.2) is 14.6 Å². The third-order valence-corrected chi connectivity index (χ3v) is 4.81. The van der Waals surface area contributed by atoms with Crippen molar-refractivity contribution >= 4 is 23.1 Å². The van der Waals surface area contributed by atoms with Gasteiger partial charge in [0, 0.05) is 41.2 Å². The van der Waals surface area contributed by atoms with E-state index in [-0.39, 0.29) is 23.2 Å². The molecule has 11 nitrogen and oxygen atoms in total. The van der Waals surface area contributed by atoms with Gasteiger partial charge in [-0.25, -0.2) is 9.78 Å². The summed E-state index contributed by atoms with van der Waals surface area (Å²) in [5.41, 5.74) is 10.7. The predicted octanol–water partition coefficient (Wildman–Crippen LogP) is -0.786. The normalized spacial score (nSPS) is 11.0. The van der Waals surface area contributed by atoms with Crippen molar-refractivity contribution in [1.29, 1.82) is 5.41 Å². The molecular formula is C17H29N9O2. The van der Waals surface area contributed by atoms with Gasteiger partial charge in [0.1, 0.15) is 5.82 Å². The average molecular weight is 391 g/mol. The molecule has 2 aromatic rings. The monoisotopic (exact) mass is 391 g/mol. The lowest BCUT2D eigenvalue weighted by Gasteiger charge is -2.16. The second-order valence-corrected chi connectivity index (χ2v) is 6.91. The van der Waals surface area contributed by atoms with Gasteiger partial charge in [-0.15, -0.1) is 0 Å². The van der Waals surface area contributed by atoms with Gasteiger partial charge < -0.3 is 20.9 Å². The molecule has 0 radical (unpaired) electrons. The molecular weight excluding hydrogens is 362 g/mol. The highest BCUT2D eigenvalue weighted by atomic mass is 16.2. The van der Waals surface area contributed by atoms with Crippen molar-refractivity contribution < 1.29 is 0 Å². The predicted molar refractivity (Wildman–Crippen MR) is 110 cm³/mol. The van der Waals surface area contributed by atoms with E-state index in [9.17, 15) is 9.59 Å². The Kier molecular flexibility index (Phi) is 6.60. The molecule has 0 spiro atoms. The fourth-order valence-electron chi connectivity index (χ4n) is 3.09. The number of unbranched alkanes of at least 4 members (excludes halogenated alkanes) is 3. The Morgan fingerprint density at radius 2 is 1.71 bits per heavy atom. The van der Waals surface area contributed by atoms with Crippen LogP contribution in [0.4, 0.5) is 0 Å². The molecule has 0 bridgehead atoms. The van der Waals surface area contributed by atoms with Gasteiger partial charge in [0.2, 0.25) is 5.96 Å². The quantitative estimate of drug-likeness (QED) is 0.319. The van der Waals surface area contributed by atoms with E-state index in [0.717, 1.165) is 42.5 Å². The van der Waals surface area contributed by atoms with Gasteiger partial charge in [0.05, 0.1) is 0 Å². The lowest BCUT2D eigenvalue weighted by molar-refractivity contribution is 0.461. The Bertz CT molecular complexity index is 1010. The van der Waals surface area contributed by atoms with Crippen LogP contribution in [0.2, 0.25) is 0 Å². The largest absolute Gasteiger partial charge is 0.370 e. The van der Waals surface area contributed by atoms with Crippen molar-refractivity contribution in [3.05, 3.63) is 26.7 Å². The highest BCUT2D eigenvalue weighted by Gasteiger charge is 2.16. The second-order valence-electron chi connectivity index (χ2n) is 6.91. The molecule has 28 heavy (non-hydrogen) atoms. The summed E-state index contributed by atoms with van der Waals surface area (Å²) in [6, 6.07) is 0. The van der Waals surface area contributed by atoms with Crippen LogP contribution in [-0.2, 0) is 27.6 Å². The summed E-state index contributed by atoms with van der Waals surface area (Å²) in [6.45, 7) is 0.695. The number of aryl methyl sites for hydroxylation is 3. The maximum absolute atomic E-state index is 12.4. The van der Waals surface area contributed by atoms with E-state index in [4.69, 9.17) is 16.9 Å². The summed E-state index contributed by atoms with van der Waals surface area (Å²) in [4.78, 5) is 34.3. The Morgan fingerprint density at radius 3 is 2.36 bits per heavy atom. The molecule has 0 aliphatic carbocycles. The standard InChI is InChI=1S/C17H29N9O2/c1-23(16(20)22-15(18)19)10-8-6-5-7-9-11-21-13-12(24(11)2)14(27)26(4)17(28)25(13)3/h5-10H2,1-4H3,(H5,18,19,20,22). The molecule has 11 heteroatoms. The zero-order chi connectivity index (χ0) is 21.0. The molecule has 0 amide bonds. The molecule has 0 fully saturated rings. The zero-order valence-corrected chi connectivity index (χ0v) is 16.9. The third-order valence-electron chi connectivity index (χ3n) is 4.81. The summed E-state index contributed by atoms with van der Waals surface area (Å²) in [5, 5.41) is 7.71. The van der Waals surface area contributed by atoms with Crippen molar-refractivity contribution in [2.45, 2.75) is 32.1 Å². The number of guanidine groups is 2. The van der Waals surface area contributed by atoms with Gasteiger partial charge in [0.25, 0.3) is 5.56 Å². The fourth-order valence-corrected chi connectivity index (χ4v) is 3.09. The molecule has 0 atom stereocenters. The van der Waals surface area contributed by atoms with Crippen LogP contribution in [0, 0.1) is 5.41 Å². The minimum Gasteiger partial charge on any atom is -0.370 e. The fraction of sp³-hybridized carbons (Fsp3) is 0.588. The Morgan fingerprint density at radius 1 is 1.07 bits per heavy atom. The number of aliphatic imine (C=N–C) groups is 1. The molecule has 2 aromatic heterocycles. The van der Waals surface area contributed by atoms with Crippen molar-refractivity contribution in [1.82, 2.24) is 23.6 Å². The first-order chi connectivity index (χ1) is 13.1. The van der Waals surface area contributed by atoms with E-state index in [1.165, 1.54) is 11.6 Å². The Hall–Kier alpha value is -3.11. The molecule has 2 heterocycles. The van der Waals surface area contributed by atoms with Gasteiger partial charge in [-0.1, -0.05) is 12.8 Å². The van der Waals surface area contributed by atoms with Crippen LogP contribution in [-0.4, -0.2) is 49.1 Å². The van der Waals surface area contributed by atoms with Gasteiger partial charge >= 0.3 is 5.69 Å². The van der Waals surface area contributed by atoms with Crippen molar-refractivity contribution in [3.8, 4) is 0 Å². The first kappa shape index (κ1) is 21.2.